The summed E-state index contributed by atoms with van der Waals surface area (Å²) in [6.07, 6.45) is 2.63. The third kappa shape index (κ3) is 4.50. The van der Waals surface area contributed by atoms with Crippen molar-refractivity contribution < 1.29 is 24.2 Å². The monoisotopic (exact) mass is 469 g/mol. The Balaban J connectivity index is 1.19. The lowest BCUT2D eigenvalue weighted by Gasteiger charge is -2.24. The first-order chi connectivity index (χ1) is 17.0. The molecule has 8 nitrogen and oxygen atoms in total. The number of carbonyl (C=O) groups is 3. The highest BCUT2D eigenvalue weighted by Crippen LogP contribution is 2.44. The van der Waals surface area contributed by atoms with Crippen LogP contribution in [0.25, 0.3) is 11.1 Å². The summed E-state index contributed by atoms with van der Waals surface area (Å²) in [7, 11) is 0. The maximum atomic E-state index is 12.6. The summed E-state index contributed by atoms with van der Waals surface area (Å²) in [4.78, 5) is 41.8. The molecule has 0 unspecified atom stereocenters. The Kier molecular flexibility index (Phi) is 6.01. The molecule has 2 aliphatic rings. The van der Waals surface area contributed by atoms with E-state index in [2.05, 4.69) is 34.6 Å². The van der Waals surface area contributed by atoms with Crippen LogP contribution in [0.5, 0.6) is 0 Å². The van der Waals surface area contributed by atoms with Crippen LogP contribution in [0.1, 0.15) is 34.0 Å². The summed E-state index contributed by atoms with van der Waals surface area (Å²) in [5, 5.41) is 11.7. The summed E-state index contributed by atoms with van der Waals surface area (Å²) in [6, 6.07) is 19.4. The van der Waals surface area contributed by atoms with E-state index in [4.69, 9.17) is 9.84 Å². The van der Waals surface area contributed by atoms with Crippen molar-refractivity contribution in [1.82, 2.24) is 9.88 Å². The number of benzene rings is 2. The molecule has 176 valence electrons. The standard InChI is InChI=1S/C27H23N3O5/c31-25(30-13-11-17(12-14-30)26(32)33)24-10-9-18(15-28-24)29-27(34)35-16-23-21-7-3-1-5-19(21)20-6-2-4-8-22(20)23/h1-11,15,23H,12-14,16H2,(H,29,34)(H,32,33). The molecule has 2 amide bonds. The maximum Gasteiger partial charge on any atom is 0.411 e. The lowest BCUT2D eigenvalue weighted by Crippen LogP contribution is -2.36. The van der Waals surface area contributed by atoms with Crippen LogP contribution in [0.15, 0.2) is 78.5 Å². The molecule has 1 aliphatic carbocycles. The average molecular weight is 469 g/mol. The number of nitrogens with one attached hydrogen (secondary N) is 1. The second-order valence-corrected chi connectivity index (χ2v) is 8.42. The molecule has 5 rings (SSSR count). The number of carboxylic acid groups (broad SMARTS) is 1. The molecule has 2 heterocycles. The number of carbonyl (C=O) groups excluding carboxylic acids is 2. The molecular weight excluding hydrogens is 446 g/mol. The van der Waals surface area contributed by atoms with Crippen LogP contribution < -0.4 is 5.32 Å². The number of amides is 2. The van der Waals surface area contributed by atoms with Gasteiger partial charge in [0, 0.05) is 24.6 Å². The van der Waals surface area contributed by atoms with Crippen LogP contribution in [0.3, 0.4) is 0 Å². The van der Waals surface area contributed by atoms with Crippen LogP contribution in [0.4, 0.5) is 10.5 Å². The Morgan fingerprint density at radius 1 is 1.00 bits per heavy atom. The van der Waals surface area contributed by atoms with E-state index in [0.717, 1.165) is 22.3 Å². The maximum absolute atomic E-state index is 12.6. The van der Waals surface area contributed by atoms with Gasteiger partial charge in [0.1, 0.15) is 12.3 Å². The predicted octanol–water partition coefficient (Wildman–Crippen LogP) is 4.30. The zero-order chi connectivity index (χ0) is 24.4. The second kappa shape index (κ2) is 9.42. The van der Waals surface area contributed by atoms with E-state index in [-0.39, 0.29) is 30.7 Å². The highest BCUT2D eigenvalue weighted by Gasteiger charge is 2.29. The van der Waals surface area contributed by atoms with Crippen LogP contribution in [0, 0.1) is 0 Å². The number of fused-ring (bicyclic) bond motifs is 3. The van der Waals surface area contributed by atoms with Gasteiger partial charge in [0.05, 0.1) is 11.9 Å². The van der Waals surface area contributed by atoms with E-state index in [1.807, 2.05) is 24.3 Å². The minimum Gasteiger partial charge on any atom is -0.478 e. The van der Waals surface area contributed by atoms with Gasteiger partial charge < -0.3 is 14.7 Å². The van der Waals surface area contributed by atoms with Gasteiger partial charge in [-0.25, -0.2) is 14.6 Å². The molecule has 8 heteroatoms. The zero-order valence-corrected chi connectivity index (χ0v) is 18.8. The molecule has 3 aromatic rings. The number of pyridine rings is 1. The summed E-state index contributed by atoms with van der Waals surface area (Å²) < 4.78 is 5.54. The molecule has 2 aromatic carbocycles. The number of nitrogens with zero attached hydrogens (tertiary/aromatic N) is 2. The smallest absolute Gasteiger partial charge is 0.411 e. The van der Waals surface area contributed by atoms with Gasteiger partial charge in [-0.2, -0.15) is 0 Å². The molecule has 1 aliphatic heterocycles. The molecule has 0 radical (unpaired) electrons. The molecule has 35 heavy (non-hydrogen) atoms. The minimum absolute atomic E-state index is 0.0356. The molecule has 0 spiro atoms. The largest absolute Gasteiger partial charge is 0.478 e. The Hall–Kier alpha value is -4.46. The molecular formula is C27H23N3O5. The minimum atomic E-state index is -0.959. The first-order valence-corrected chi connectivity index (χ1v) is 11.3. The molecule has 0 saturated carbocycles. The number of aromatic nitrogens is 1. The van der Waals surface area contributed by atoms with Crippen molar-refractivity contribution in [3.63, 3.8) is 0 Å². The van der Waals surface area contributed by atoms with Crippen LogP contribution >= 0.6 is 0 Å². The van der Waals surface area contributed by atoms with E-state index in [1.165, 1.54) is 23.2 Å². The molecule has 2 N–H and O–H groups in total. The number of hydrogen-bond donors (Lipinski definition) is 2. The SMILES string of the molecule is O=C(Nc1ccc(C(=O)N2CC=C(C(=O)O)CC2)nc1)OCC1c2ccccc2-c2ccccc21. The fraction of sp³-hybridized carbons (Fsp3) is 0.185. The fourth-order valence-electron chi connectivity index (χ4n) is 4.56. The van der Waals surface area contributed by atoms with Crippen molar-refractivity contribution in [3.8, 4) is 11.1 Å². The topological polar surface area (TPSA) is 109 Å². The van der Waals surface area contributed by atoms with Crippen molar-refractivity contribution in [1.29, 1.82) is 0 Å². The van der Waals surface area contributed by atoms with Crippen molar-refractivity contribution in [2.75, 3.05) is 25.0 Å². The van der Waals surface area contributed by atoms with E-state index in [1.54, 1.807) is 6.07 Å². The van der Waals surface area contributed by atoms with Crippen LogP contribution in [-0.4, -0.2) is 52.7 Å². The second-order valence-electron chi connectivity index (χ2n) is 8.42. The summed E-state index contributed by atoms with van der Waals surface area (Å²) in [5.74, 6) is -1.29. The van der Waals surface area contributed by atoms with Crippen molar-refractivity contribution in [2.45, 2.75) is 12.3 Å². The number of rotatable bonds is 5. The highest BCUT2D eigenvalue weighted by atomic mass is 16.5. The third-order valence-corrected chi connectivity index (χ3v) is 6.34. The van der Waals surface area contributed by atoms with Gasteiger partial charge in [-0.3, -0.25) is 10.1 Å². The van der Waals surface area contributed by atoms with Gasteiger partial charge in [-0.1, -0.05) is 54.6 Å². The number of aliphatic carboxylic acids is 1. The van der Waals surface area contributed by atoms with Gasteiger partial charge in [-0.05, 0) is 40.8 Å². The Morgan fingerprint density at radius 2 is 1.69 bits per heavy atom. The fourth-order valence-corrected chi connectivity index (χ4v) is 4.56. The summed E-state index contributed by atoms with van der Waals surface area (Å²) >= 11 is 0. The highest BCUT2D eigenvalue weighted by molar-refractivity contribution is 5.94. The first kappa shape index (κ1) is 22.3. The quantitative estimate of drug-likeness (QED) is 0.577. The van der Waals surface area contributed by atoms with Crippen molar-refractivity contribution in [2.24, 2.45) is 0 Å². The summed E-state index contributed by atoms with van der Waals surface area (Å²) in [5.41, 5.74) is 5.52. The molecule has 0 atom stereocenters. The normalized spacial score (nSPS) is 14.5. The average Bonchev–Trinajstić information content (AvgIpc) is 3.21. The van der Waals surface area contributed by atoms with Gasteiger partial charge in [-0.15, -0.1) is 0 Å². The number of carboxylic acids is 1. The van der Waals surface area contributed by atoms with Crippen molar-refractivity contribution in [3.05, 3.63) is 95.3 Å². The van der Waals surface area contributed by atoms with Gasteiger partial charge in [0.15, 0.2) is 0 Å². The van der Waals surface area contributed by atoms with E-state index in [0.29, 0.717) is 24.2 Å². The predicted molar refractivity (Wildman–Crippen MR) is 129 cm³/mol. The van der Waals surface area contributed by atoms with Crippen LogP contribution in [0.2, 0.25) is 0 Å². The lowest BCUT2D eigenvalue weighted by atomic mass is 9.98. The Bertz CT molecular complexity index is 1290. The van der Waals surface area contributed by atoms with Gasteiger partial charge in [0.25, 0.3) is 5.91 Å². The van der Waals surface area contributed by atoms with E-state index >= 15 is 0 Å². The van der Waals surface area contributed by atoms with Gasteiger partial charge >= 0.3 is 12.1 Å². The summed E-state index contributed by atoms with van der Waals surface area (Å²) in [6.45, 7) is 0.741. The third-order valence-electron chi connectivity index (χ3n) is 6.34. The van der Waals surface area contributed by atoms with Crippen LogP contribution in [-0.2, 0) is 9.53 Å². The Labute approximate surface area is 201 Å². The van der Waals surface area contributed by atoms with E-state index < -0.39 is 12.1 Å². The molecule has 0 saturated heterocycles. The Morgan fingerprint density at radius 3 is 2.26 bits per heavy atom. The number of anilines is 1. The number of hydrogen-bond acceptors (Lipinski definition) is 5. The van der Waals surface area contributed by atoms with E-state index in [9.17, 15) is 14.4 Å². The first-order valence-electron chi connectivity index (χ1n) is 11.3. The lowest BCUT2D eigenvalue weighted by molar-refractivity contribution is -0.133. The molecule has 1 aromatic heterocycles. The number of ether oxygens (including phenoxy) is 1. The van der Waals surface area contributed by atoms with Gasteiger partial charge in [0.2, 0.25) is 0 Å². The van der Waals surface area contributed by atoms with Crippen molar-refractivity contribution >= 4 is 23.7 Å². The zero-order valence-electron chi connectivity index (χ0n) is 18.8. The molecule has 0 bridgehead atoms. The molecule has 0 fully saturated rings.